The number of hydrogen-bond donors (Lipinski definition) is 1. The van der Waals surface area contributed by atoms with Gasteiger partial charge in [-0.15, -0.1) is 0 Å². The topological polar surface area (TPSA) is 76.2 Å². The molecule has 2 aliphatic rings. The predicted octanol–water partition coefficient (Wildman–Crippen LogP) is 3.78. The van der Waals surface area contributed by atoms with Gasteiger partial charge in [-0.1, -0.05) is 62.2 Å². The molecule has 2 heterocycles. The number of carbonyl (C=O) groups is 3. The Morgan fingerprint density at radius 3 is 2.45 bits per heavy atom. The summed E-state index contributed by atoms with van der Waals surface area (Å²) >= 11 is 0. The Labute approximate surface area is 224 Å². The first kappa shape index (κ1) is 27.6. The van der Waals surface area contributed by atoms with Gasteiger partial charge in [0.05, 0.1) is 13.1 Å². The molecule has 0 saturated carbocycles. The van der Waals surface area contributed by atoms with E-state index >= 15 is 0 Å². The number of benzene rings is 2. The number of nitrogens with one attached hydrogen (secondary N) is 1. The van der Waals surface area contributed by atoms with Crippen LogP contribution in [0.1, 0.15) is 50.2 Å². The molecule has 2 aromatic rings. The van der Waals surface area contributed by atoms with Crippen LogP contribution in [0.15, 0.2) is 54.6 Å². The van der Waals surface area contributed by atoms with Crippen LogP contribution in [0, 0.1) is 5.82 Å². The number of urea groups is 1. The van der Waals surface area contributed by atoms with Crippen LogP contribution in [-0.4, -0.2) is 76.6 Å². The lowest BCUT2D eigenvalue weighted by atomic mass is 10.0. The molecule has 0 aromatic heterocycles. The highest BCUT2D eigenvalue weighted by molar-refractivity contribution is 5.91. The first-order chi connectivity index (χ1) is 18.4. The fourth-order valence-electron chi connectivity index (χ4n) is 5.32. The molecule has 0 spiro atoms. The van der Waals surface area contributed by atoms with E-state index in [1.807, 2.05) is 23.1 Å². The number of likely N-dealkylation sites (N-methyl/N-ethyl adjacent to an activating group) is 1. The van der Waals surface area contributed by atoms with Crippen LogP contribution in [0.5, 0.6) is 0 Å². The number of aryl methyl sites for hydroxylation is 1. The monoisotopic (exact) mass is 523 g/mol. The lowest BCUT2D eigenvalue weighted by Gasteiger charge is -2.54. The molecule has 204 valence electrons. The van der Waals surface area contributed by atoms with Gasteiger partial charge in [0.2, 0.25) is 11.8 Å². The average molecular weight is 524 g/mol. The van der Waals surface area contributed by atoms with Crippen molar-refractivity contribution in [3.05, 3.63) is 71.5 Å². The molecule has 0 aliphatic carbocycles. The van der Waals surface area contributed by atoms with Crippen molar-refractivity contribution in [3.63, 3.8) is 0 Å². The Morgan fingerprint density at radius 1 is 1.00 bits per heavy atom. The lowest BCUT2D eigenvalue weighted by molar-refractivity contribution is -0.187. The summed E-state index contributed by atoms with van der Waals surface area (Å²) in [6.07, 6.45) is 4.46. The molecule has 2 aromatic carbocycles. The number of fused-ring (bicyclic) bond motifs is 1. The van der Waals surface area contributed by atoms with E-state index in [0.717, 1.165) is 37.7 Å². The first-order valence-electron chi connectivity index (χ1n) is 13.6. The average Bonchev–Trinajstić information content (AvgIpc) is 2.91. The number of amides is 4. The van der Waals surface area contributed by atoms with Gasteiger partial charge >= 0.3 is 6.03 Å². The van der Waals surface area contributed by atoms with E-state index < -0.39 is 12.2 Å². The van der Waals surface area contributed by atoms with Gasteiger partial charge in [0.25, 0.3) is 0 Å². The molecule has 2 fully saturated rings. The molecule has 38 heavy (non-hydrogen) atoms. The summed E-state index contributed by atoms with van der Waals surface area (Å²) in [6.45, 7) is 3.17. The number of unbranched alkanes of at least 4 members (excludes halogenated alkanes) is 2. The number of piperazine rings is 1. The standard InChI is InChI=1S/C29H38FN5O3/c1-3-4-13-25-28(37)33(18-9-8-12-22-10-6-5-7-11-22)20-26-34(25)27(36)21-32(2)35(26)29(38)31-19-23-14-16-24(30)17-15-23/h5-7,10-11,14-17,25-26H,3-4,8-9,12-13,18-21H2,1-2H3,(H,31,38)/t25-,26-/m0/s1. The zero-order valence-corrected chi connectivity index (χ0v) is 22.3. The lowest BCUT2D eigenvalue weighted by Crippen LogP contribution is -2.75. The minimum atomic E-state index is -0.580. The molecule has 2 atom stereocenters. The maximum absolute atomic E-state index is 13.6. The van der Waals surface area contributed by atoms with E-state index in [9.17, 15) is 18.8 Å². The highest BCUT2D eigenvalue weighted by Crippen LogP contribution is 2.28. The summed E-state index contributed by atoms with van der Waals surface area (Å²) in [7, 11) is 1.72. The van der Waals surface area contributed by atoms with E-state index in [-0.39, 0.29) is 43.3 Å². The van der Waals surface area contributed by atoms with Crippen molar-refractivity contribution < 1.29 is 18.8 Å². The highest BCUT2D eigenvalue weighted by atomic mass is 19.1. The zero-order valence-electron chi connectivity index (χ0n) is 22.3. The number of carbonyl (C=O) groups excluding carboxylic acids is 3. The number of hydrogen-bond acceptors (Lipinski definition) is 4. The molecule has 0 unspecified atom stereocenters. The summed E-state index contributed by atoms with van der Waals surface area (Å²) in [5.74, 6) is -0.504. The maximum atomic E-state index is 13.6. The van der Waals surface area contributed by atoms with Crippen molar-refractivity contribution >= 4 is 17.8 Å². The minimum absolute atomic E-state index is 0.0213. The van der Waals surface area contributed by atoms with Gasteiger partial charge in [-0.05, 0) is 48.9 Å². The maximum Gasteiger partial charge on any atom is 0.334 e. The van der Waals surface area contributed by atoms with Crippen LogP contribution in [0.4, 0.5) is 9.18 Å². The van der Waals surface area contributed by atoms with E-state index in [4.69, 9.17) is 0 Å². The van der Waals surface area contributed by atoms with Crippen LogP contribution >= 0.6 is 0 Å². The van der Waals surface area contributed by atoms with E-state index in [0.29, 0.717) is 13.0 Å². The van der Waals surface area contributed by atoms with Crippen molar-refractivity contribution in [1.29, 1.82) is 0 Å². The molecular formula is C29H38FN5O3. The Morgan fingerprint density at radius 2 is 1.74 bits per heavy atom. The summed E-state index contributed by atoms with van der Waals surface area (Å²) in [5, 5.41) is 6.09. The van der Waals surface area contributed by atoms with Gasteiger partial charge in [0, 0.05) is 20.1 Å². The van der Waals surface area contributed by atoms with Gasteiger partial charge in [-0.3, -0.25) is 9.59 Å². The fourth-order valence-corrected chi connectivity index (χ4v) is 5.32. The fraction of sp³-hybridized carbons (Fsp3) is 0.483. The number of rotatable bonds is 10. The molecular weight excluding hydrogens is 485 g/mol. The third-order valence-corrected chi connectivity index (χ3v) is 7.32. The number of hydrazine groups is 1. The molecule has 2 saturated heterocycles. The van der Waals surface area contributed by atoms with Crippen molar-refractivity contribution in [2.24, 2.45) is 0 Å². The second-order valence-electron chi connectivity index (χ2n) is 10.1. The second kappa shape index (κ2) is 12.9. The molecule has 4 rings (SSSR count). The van der Waals surface area contributed by atoms with Gasteiger partial charge < -0.3 is 15.1 Å². The van der Waals surface area contributed by atoms with Crippen LogP contribution in [0.2, 0.25) is 0 Å². The van der Waals surface area contributed by atoms with Crippen molar-refractivity contribution in [2.75, 3.05) is 26.7 Å². The van der Waals surface area contributed by atoms with E-state index in [1.54, 1.807) is 34.1 Å². The molecule has 0 radical (unpaired) electrons. The normalized spacial score (nSPS) is 20.0. The Hall–Kier alpha value is -3.46. The highest BCUT2D eigenvalue weighted by Gasteiger charge is 2.50. The zero-order chi connectivity index (χ0) is 27.1. The Bertz CT molecular complexity index is 1100. The number of halogens is 1. The molecule has 2 aliphatic heterocycles. The van der Waals surface area contributed by atoms with Gasteiger partial charge in [0.1, 0.15) is 18.0 Å². The van der Waals surface area contributed by atoms with Gasteiger partial charge in [0.15, 0.2) is 0 Å². The van der Waals surface area contributed by atoms with Crippen LogP contribution in [-0.2, 0) is 22.6 Å². The summed E-state index contributed by atoms with van der Waals surface area (Å²) in [5.41, 5.74) is 2.04. The molecule has 4 amide bonds. The molecule has 1 N–H and O–H groups in total. The predicted molar refractivity (Wildman–Crippen MR) is 143 cm³/mol. The SMILES string of the molecule is CCCC[C@H]1C(=O)N(CCCCc2ccccc2)C[C@H]2N1C(=O)CN(C)N2C(=O)NCc1ccc(F)cc1. The number of nitrogens with zero attached hydrogens (tertiary/aromatic N) is 4. The van der Waals surface area contributed by atoms with Crippen LogP contribution in [0.3, 0.4) is 0 Å². The van der Waals surface area contributed by atoms with Crippen molar-refractivity contribution in [2.45, 2.75) is 64.2 Å². The second-order valence-corrected chi connectivity index (χ2v) is 10.1. The summed E-state index contributed by atoms with van der Waals surface area (Å²) in [6, 6.07) is 15.3. The smallest absolute Gasteiger partial charge is 0.334 e. The van der Waals surface area contributed by atoms with Crippen LogP contribution in [0.25, 0.3) is 0 Å². The summed E-state index contributed by atoms with van der Waals surface area (Å²) in [4.78, 5) is 43.6. The van der Waals surface area contributed by atoms with Crippen molar-refractivity contribution in [1.82, 2.24) is 25.1 Å². The Kier molecular flexibility index (Phi) is 9.33. The van der Waals surface area contributed by atoms with Crippen LogP contribution < -0.4 is 5.32 Å². The van der Waals surface area contributed by atoms with E-state index in [1.165, 1.54) is 17.7 Å². The molecule has 0 bridgehead atoms. The quantitative estimate of drug-likeness (QED) is 0.481. The summed E-state index contributed by atoms with van der Waals surface area (Å²) < 4.78 is 13.3. The third-order valence-electron chi connectivity index (χ3n) is 7.32. The Balaban J connectivity index is 1.47. The van der Waals surface area contributed by atoms with Gasteiger partial charge in [-0.2, -0.15) is 0 Å². The minimum Gasteiger partial charge on any atom is -0.337 e. The van der Waals surface area contributed by atoms with Crippen molar-refractivity contribution in [3.8, 4) is 0 Å². The third kappa shape index (κ3) is 6.51. The molecule has 9 heteroatoms. The largest absolute Gasteiger partial charge is 0.337 e. The first-order valence-corrected chi connectivity index (χ1v) is 13.6. The van der Waals surface area contributed by atoms with E-state index in [2.05, 4.69) is 24.4 Å². The molecule has 8 nitrogen and oxygen atoms in total. The van der Waals surface area contributed by atoms with Gasteiger partial charge in [-0.25, -0.2) is 19.2 Å².